The van der Waals surface area contributed by atoms with Crippen molar-refractivity contribution in [3.05, 3.63) is 11.8 Å². The Morgan fingerprint density at radius 3 is 2.56 bits per heavy atom. The Kier molecular flexibility index (Phi) is 5.52. The van der Waals surface area contributed by atoms with Crippen LogP contribution in [0, 0.1) is 0 Å². The lowest BCUT2D eigenvalue weighted by Gasteiger charge is -2.31. The zero-order valence-corrected chi connectivity index (χ0v) is 11.1. The molecule has 1 saturated heterocycles. The van der Waals surface area contributed by atoms with Crippen LogP contribution in [-0.2, 0) is 4.74 Å². The van der Waals surface area contributed by atoms with E-state index in [1.807, 2.05) is 0 Å². The first-order valence-corrected chi connectivity index (χ1v) is 7.16. The molecule has 0 bridgehead atoms. The van der Waals surface area contributed by atoms with Crippen molar-refractivity contribution in [3.8, 4) is 0 Å². The Hall–Kier alpha value is -1.03. The van der Waals surface area contributed by atoms with Crippen LogP contribution in [0.1, 0.15) is 44.9 Å². The van der Waals surface area contributed by atoms with Gasteiger partial charge in [0.15, 0.2) is 0 Å². The van der Waals surface area contributed by atoms with Crippen LogP contribution in [0.5, 0.6) is 0 Å². The first-order chi connectivity index (χ1) is 8.92. The third-order valence-corrected chi connectivity index (χ3v) is 3.72. The molecule has 18 heavy (non-hydrogen) atoms. The van der Waals surface area contributed by atoms with Crippen molar-refractivity contribution in [3.63, 3.8) is 0 Å². The van der Waals surface area contributed by atoms with Crippen LogP contribution in [0.4, 0.5) is 0 Å². The van der Waals surface area contributed by atoms with Gasteiger partial charge in [0.05, 0.1) is 18.9 Å². The predicted molar refractivity (Wildman–Crippen MR) is 72.0 cm³/mol. The van der Waals surface area contributed by atoms with E-state index in [9.17, 15) is 5.21 Å². The molecular weight excluding hydrogens is 228 g/mol. The molecule has 0 radical (unpaired) electrons. The molecule has 102 valence electrons. The first kappa shape index (κ1) is 13.4. The van der Waals surface area contributed by atoms with Gasteiger partial charge in [0.1, 0.15) is 5.71 Å². The lowest BCUT2D eigenvalue weighted by atomic mass is 10.0. The summed E-state index contributed by atoms with van der Waals surface area (Å²) in [6.07, 6.45) is 10.5. The topological polar surface area (TPSA) is 45.1 Å². The molecule has 4 nitrogen and oxygen atoms in total. The lowest BCUT2D eigenvalue weighted by molar-refractivity contribution is 0.0560. The number of morpholine rings is 1. The Bertz CT molecular complexity index is 307. The number of nitrogens with zero attached hydrogens (tertiary/aromatic N) is 2. The Labute approximate surface area is 109 Å². The van der Waals surface area contributed by atoms with Gasteiger partial charge in [-0.3, -0.25) is 0 Å². The molecule has 0 atom stereocenters. The SMILES string of the molecule is ON=C1CCCCCCCC=C1N1CCOCC1. The molecule has 0 saturated carbocycles. The molecule has 0 aromatic carbocycles. The number of hydrogen-bond acceptors (Lipinski definition) is 4. The van der Waals surface area contributed by atoms with E-state index in [0.717, 1.165) is 57.0 Å². The maximum absolute atomic E-state index is 9.26. The number of allylic oxidation sites excluding steroid dienone is 2. The molecule has 0 spiro atoms. The highest BCUT2D eigenvalue weighted by Crippen LogP contribution is 2.19. The standard InChI is InChI=1S/C14H24N2O2/c17-15-13-7-5-3-1-2-4-6-8-14(13)16-9-11-18-12-10-16/h8,17H,1-7,9-12H2. The maximum Gasteiger partial charge on any atom is 0.102 e. The highest BCUT2D eigenvalue weighted by Gasteiger charge is 2.18. The molecular formula is C14H24N2O2. The van der Waals surface area contributed by atoms with Gasteiger partial charge in [-0.1, -0.05) is 30.5 Å². The van der Waals surface area contributed by atoms with Crippen LogP contribution in [0.3, 0.4) is 0 Å². The Morgan fingerprint density at radius 2 is 1.78 bits per heavy atom. The van der Waals surface area contributed by atoms with Gasteiger partial charge in [0, 0.05) is 13.1 Å². The lowest BCUT2D eigenvalue weighted by Crippen LogP contribution is -2.38. The normalized spacial score (nSPS) is 25.9. The van der Waals surface area contributed by atoms with Gasteiger partial charge in [-0.15, -0.1) is 0 Å². The second kappa shape index (κ2) is 7.41. The van der Waals surface area contributed by atoms with Crippen LogP contribution < -0.4 is 0 Å². The fourth-order valence-corrected chi connectivity index (χ4v) is 2.67. The van der Waals surface area contributed by atoms with Crippen molar-refractivity contribution in [2.24, 2.45) is 5.16 Å². The van der Waals surface area contributed by atoms with Crippen LogP contribution in [-0.4, -0.2) is 42.1 Å². The quantitative estimate of drug-likeness (QED) is 0.576. The van der Waals surface area contributed by atoms with Gasteiger partial charge in [0.25, 0.3) is 0 Å². The average molecular weight is 252 g/mol. The molecule has 4 heteroatoms. The molecule has 0 aromatic heterocycles. The molecule has 2 rings (SSSR count). The van der Waals surface area contributed by atoms with E-state index in [4.69, 9.17) is 4.74 Å². The van der Waals surface area contributed by atoms with E-state index >= 15 is 0 Å². The van der Waals surface area contributed by atoms with Crippen molar-refractivity contribution in [2.45, 2.75) is 44.9 Å². The van der Waals surface area contributed by atoms with Gasteiger partial charge in [0.2, 0.25) is 0 Å². The van der Waals surface area contributed by atoms with Crippen molar-refractivity contribution in [1.82, 2.24) is 4.90 Å². The fourth-order valence-electron chi connectivity index (χ4n) is 2.67. The minimum atomic E-state index is 0.774. The van der Waals surface area contributed by atoms with Gasteiger partial charge in [-0.25, -0.2) is 0 Å². The van der Waals surface area contributed by atoms with Crippen molar-refractivity contribution in [2.75, 3.05) is 26.3 Å². The minimum absolute atomic E-state index is 0.774. The number of oxime groups is 1. The third-order valence-electron chi connectivity index (χ3n) is 3.72. The zero-order valence-electron chi connectivity index (χ0n) is 11.1. The smallest absolute Gasteiger partial charge is 0.102 e. The van der Waals surface area contributed by atoms with Crippen LogP contribution in [0.25, 0.3) is 0 Å². The van der Waals surface area contributed by atoms with Gasteiger partial charge in [-0.05, 0) is 25.7 Å². The van der Waals surface area contributed by atoms with Crippen LogP contribution in [0.2, 0.25) is 0 Å². The van der Waals surface area contributed by atoms with E-state index < -0.39 is 0 Å². The maximum atomic E-state index is 9.26. The van der Waals surface area contributed by atoms with Crippen molar-refractivity contribution in [1.29, 1.82) is 0 Å². The fraction of sp³-hybridized carbons (Fsp3) is 0.786. The monoisotopic (exact) mass is 252 g/mol. The highest BCUT2D eigenvalue weighted by atomic mass is 16.5. The molecule has 1 aliphatic heterocycles. The van der Waals surface area contributed by atoms with Gasteiger partial charge >= 0.3 is 0 Å². The largest absolute Gasteiger partial charge is 0.411 e. The molecule has 0 unspecified atom stereocenters. The van der Waals surface area contributed by atoms with Crippen molar-refractivity contribution < 1.29 is 9.94 Å². The van der Waals surface area contributed by atoms with Gasteiger partial charge < -0.3 is 14.8 Å². The van der Waals surface area contributed by atoms with E-state index in [2.05, 4.69) is 16.1 Å². The number of ether oxygens (including phenoxy) is 1. The summed E-state index contributed by atoms with van der Waals surface area (Å²) in [4.78, 5) is 2.31. The van der Waals surface area contributed by atoms with E-state index in [0.29, 0.717) is 0 Å². The van der Waals surface area contributed by atoms with E-state index in [1.165, 1.54) is 25.7 Å². The average Bonchev–Trinajstić information content (AvgIpc) is 2.44. The summed E-state index contributed by atoms with van der Waals surface area (Å²) in [6, 6.07) is 0. The summed E-state index contributed by atoms with van der Waals surface area (Å²) >= 11 is 0. The minimum Gasteiger partial charge on any atom is -0.411 e. The number of hydrogen-bond donors (Lipinski definition) is 1. The second-order valence-corrected chi connectivity index (χ2v) is 5.04. The molecule has 2 aliphatic rings. The van der Waals surface area contributed by atoms with Crippen LogP contribution >= 0.6 is 0 Å². The predicted octanol–water partition coefficient (Wildman–Crippen LogP) is 2.78. The summed E-state index contributed by atoms with van der Waals surface area (Å²) in [5.41, 5.74) is 2.00. The molecule has 0 aromatic rings. The highest BCUT2D eigenvalue weighted by molar-refractivity contribution is 5.99. The summed E-state index contributed by atoms with van der Waals surface area (Å²) in [6.45, 7) is 3.36. The second-order valence-electron chi connectivity index (χ2n) is 5.04. The Balaban J connectivity index is 2.10. The summed E-state index contributed by atoms with van der Waals surface area (Å²) < 4.78 is 5.39. The summed E-state index contributed by atoms with van der Waals surface area (Å²) in [5, 5.41) is 12.8. The van der Waals surface area contributed by atoms with Gasteiger partial charge in [-0.2, -0.15) is 0 Å². The first-order valence-electron chi connectivity index (χ1n) is 7.16. The molecule has 1 aliphatic carbocycles. The molecule has 1 fully saturated rings. The van der Waals surface area contributed by atoms with E-state index in [1.54, 1.807) is 0 Å². The Morgan fingerprint density at radius 1 is 1.06 bits per heavy atom. The van der Waals surface area contributed by atoms with E-state index in [-0.39, 0.29) is 0 Å². The van der Waals surface area contributed by atoms with Crippen LogP contribution in [0.15, 0.2) is 16.9 Å². The third kappa shape index (κ3) is 3.73. The molecule has 0 amide bonds. The van der Waals surface area contributed by atoms with Crippen molar-refractivity contribution >= 4 is 5.71 Å². The molecule has 1 N–H and O–H groups in total. The molecule has 1 heterocycles. The summed E-state index contributed by atoms with van der Waals surface area (Å²) in [7, 11) is 0. The number of rotatable bonds is 1. The zero-order chi connectivity index (χ0) is 12.6. The summed E-state index contributed by atoms with van der Waals surface area (Å²) in [5.74, 6) is 0.